The summed E-state index contributed by atoms with van der Waals surface area (Å²) >= 11 is 5.56. The van der Waals surface area contributed by atoms with Gasteiger partial charge in [-0.1, -0.05) is 108 Å². The number of benzene rings is 2. The predicted molar refractivity (Wildman–Crippen MR) is 240 cm³/mol. The average Bonchev–Trinajstić information content (AvgIpc) is 3.50. The largest absolute Gasteiger partial charge is 0.382 e. The van der Waals surface area contributed by atoms with Gasteiger partial charge in [-0.25, -0.2) is 0 Å². The van der Waals surface area contributed by atoms with Crippen LogP contribution in [0.1, 0.15) is 143 Å². The third-order valence-electron chi connectivity index (χ3n) is 10.8. The van der Waals surface area contributed by atoms with Crippen molar-refractivity contribution in [3.05, 3.63) is 59.7 Å². The van der Waals surface area contributed by atoms with E-state index in [4.69, 9.17) is 21.7 Å². The predicted octanol–water partition coefficient (Wildman–Crippen LogP) is 6.83. The Kier molecular flexibility index (Phi) is 22.4. The molecular formula is C46H66N6O8S. The van der Waals surface area contributed by atoms with Crippen LogP contribution in [0.3, 0.4) is 0 Å². The lowest BCUT2D eigenvalue weighted by Gasteiger charge is -2.27. The molecule has 15 heteroatoms. The molecule has 0 bridgehead atoms. The number of amides is 6. The molecule has 2 atom stereocenters. The van der Waals surface area contributed by atoms with Gasteiger partial charge >= 0.3 is 0 Å². The smallest absolute Gasteiger partial charge is 0.264 e. The van der Waals surface area contributed by atoms with Crippen molar-refractivity contribution < 1.29 is 38.2 Å². The lowest BCUT2D eigenvalue weighted by atomic mass is 10.0. The number of anilines is 2. The Bertz CT molecular complexity index is 1740. The first-order valence-electron chi connectivity index (χ1n) is 22.4. The average molecular weight is 863 g/mol. The van der Waals surface area contributed by atoms with Crippen LogP contribution in [-0.2, 0) is 28.7 Å². The molecule has 334 valence electrons. The molecule has 14 nitrogen and oxygen atoms in total. The quantitative estimate of drug-likeness (QED) is 0.0304. The first-order chi connectivity index (χ1) is 29.7. The van der Waals surface area contributed by atoms with Crippen molar-refractivity contribution in [3.8, 4) is 0 Å². The number of carbonyl (C=O) groups is 6. The second-order valence-electron chi connectivity index (χ2n) is 15.7. The van der Waals surface area contributed by atoms with Crippen LogP contribution in [0.4, 0.5) is 11.4 Å². The van der Waals surface area contributed by atoms with Gasteiger partial charge in [-0.3, -0.25) is 39.0 Å². The van der Waals surface area contributed by atoms with Crippen LogP contribution in [0.15, 0.2) is 48.5 Å². The molecule has 0 spiro atoms. The van der Waals surface area contributed by atoms with Gasteiger partial charge in [0.25, 0.3) is 11.8 Å². The maximum atomic E-state index is 13.3. The van der Waals surface area contributed by atoms with Gasteiger partial charge in [0.15, 0.2) is 0 Å². The van der Waals surface area contributed by atoms with Gasteiger partial charge < -0.3 is 30.7 Å². The van der Waals surface area contributed by atoms with Crippen molar-refractivity contribution in [2.45, 2.75) is 135 Å². The van der Waals surface area contributed by atoms with Crippen molar-refractivity contribution in [1.29, 1.82) is 0 Å². The van der Waals surface area contributed by atoms with E-state index in [0.717, 1.165) is 42.1 Å². The minimum Gasteiger partial charge on any atom is -0.382 e. The fourth-order valence-electron chi connectivity index (χ4n) is 7.43. The van der Waals surface area contributed by atoms with Crippen LogP contribution >= 0.6 is 12.2 Å². The summed E-state index contributed by atoms with van der Waals surface area (Å²) in [5.41, 5.74) is 1.48. The van der Waals surface area contributed by atoms with Crippen LogP contribution in [0.5, 0.6) is 0 Å². The zero-order valence-corrected chi connectivity index (χ0v) is 36.7. The molecule has 1 saturated heterocycles. The molecule has 1 unspecified atom stereocenters. The highest BCUT2D eigenvalue weighted by Gasteiger charge is 2.45. The number of ether oxygens (including phenoxy) is 2. The second kappa shape index (κ2) is 28.0. The Balaban J connectivity index is 1.07. The van der Waals surface area contributed by atoms with Gasteiger partial charge in [-0.15, -0.1) is 0 Å². The molecule has 0 saturated carbocycles. The number of hydrogen-bond donors (Lipinski definition) is 5. The standard InChI is InChI=1S/C46H66N6O8S/c1-2-3-4-5-6-7-8-9-10-11-15-24-41(61)48-28-17-16-22-37(43(55)49-34-19-13-12-14-20-34)50-40(54)27-30-59-32-33-60-31-29-47-36-23-18-21-35-42(36)46(58)52(45(35)57)38-25-26-39(53)51-44(38)56/h12-14,18-21,23,37-38,47H,2-11,15-17,22,24-33H2,1H3,(H,48,61)(H,49,55)(H,50,54)(H,51,53,56)/t37-,38?/m0/s1. The highest BCUT2D eigenvalue weighted by atomic mass is 32.1. The minimum atomic E-state index is -1.04. The van der Waals surface area contributed by atoms with E-state index in [1.165, 1.54) is 70.3 Å². The van der Waals surface area contributed by atoms with E-state index in [2.05, 4.69) is 33.5 Å². The molecule has 2 heterocycles. The van der Waals surface area contributed by atoms with Gasteiger partial charge in [0.2, 0.25) is 23.6 Å². The molecule has 0 radical (unpaired) electrons. The summed E-state index contributed by atoms with van der Waals surface area (Å²) in [5, 5.41) is 14.5. The normalized spacial score (nSPS) is 15.3. The van der Waals surface area contributed by atoms with Gasteiger partial charge in [-0.2, -0.15) is 0 Å². The second-order valence-corrected chi connectivity index (χ2v) is 16.2. The van der Waals surface area contributed by atoms with Crippen molar-refractivity contribution in [3.63, 3.8) is 0 Å². The lowest BCUT2D eigenvalue weighted by molar-refractivity contribution is -0.136. The molecule has 0 aromatic heterocycles. The van der Waals surface area contributed by atoms with Gasteiger partial charge in [0.1, 0.15) is 12.1 Å². The fourth-order valence-corrected chi connectivity index (χ4v) is 7.68. The number of fused-ring (bicyclic) bond motifs is 1. The number of nitrogens with zero attached hydrogens (tertiary/aromatic N) is 1. The highest BCUT2D eigenvalue weighted by molar-refractivity contribution is 7.80. The topological polar surface area (TPSA) is 184 Å². The first kappa shape index (κ1) is 48.9. The summed E-state index contributed by atoms with van der Waals surface area (Å²) in [6, 6.07) is 12.3. The van der Waals surface area contributed by atoms with E-state index in [-0.39, 0.29) is 68.6 Å². The summed E-state index contributed by atoms with van der Waals surface area (Å²) in [5.74, 6) is -2.81. The van der Waals surface area contributed by atoms with E-state index in [1.807, 2.05) is 18.2 Å². The van der Waals surface area contributed by atoms with Crippen LogP contribution in [-0.4, -0.2) is 96.9 Å². The van der Waals surface area contributed by atoms with E-state index in [9.17, 15) is 28.8 Å². The third kappa shape index (κ3) is 17.3. The summed E-state index contributed by atoms with van der Waals surface area (Å²) in [7, 11) is 0. The maximum absolute atomic E-state index is 13.3. The number of nitrogens with one attached hydrogen (secondary N) is 5. The Hall–Kier alpha value is -4.73. The van der Waals surface area contributed by atoms with Crippen molar-refractivity contribution in [2.24, 2.45) is 0 Å². The zero-order valence-electron chi connectivity index (χ0n) is 35.9. The maximum Gasteiger partial charge on any atom is 0.264 e. The van der Waals surface area contributed by atoms with Crippen LogP contribution < -0.4 is 26.6 Å². The van der Waals surface area contributed by atoms with Crippen molar-refractivity contribution in [1.82, 2.24) is 20.9 Å². The molecular weight excluding hydrogens is 797 g/mol. The molecule has 2 aromatic rings. The summed E-state index contributed by atoms with van der Waals surface area (Å²) in [6.45, 7) is 4.23. The molecule has 4 rings (SSSR count). The molecule has 2 aliphatic rings. The molecule has 2 aliphatic heterocycles. The lowest BCUT2D eigenvalue weighted by Crippen LogP contribution is -2.54. The molecule has 1 fully saturated rings. The van der Waals surface area contributed by atoms with E-state index < -0.39 is 35.7 Å². The Morgan fingerprint density at radius 1 is 0.770 bits per heavy atom. The van der Waals surface area contributed by atoms with Gasteiger partial charge in [0, 0.05) is 37.3 Å². The van der Waals surface area contributed by atoms with Crippen LogP contribution in [0.25, 0.3) is 0 Å². The number of para-hydroxylation sites is 1. The van der Waals surface area contributed by atoms with Crippen LogP contribution in [0.2, 0.25) is 0 Å². The van der Waals surface area contributed by atoms with Crippen LogP contribution in [0, 0.1) is 0 Å². The monoisotopic (exact) mass is 862 g/mol. The fraction of sp³-hybridized carbons (Fsp3) is 0.587. The minimum absolute atomic E-state index is 0.0476. The highest BCUT2D eigenvalue weighted by Crippen LogP contribution is 2.32. The molecule has 2 aromatic carbocycles. The van der Waals surface area contributed by atoms with Crippen molar-refractivity contribution >= 4 is 64.0 Å². The van der Waals surface area contributed by atoms with E-state index >= 15 is 0 Å². The first-order valence-corrected chi connectivity index (χ1v) is 22.8. The third-order valence-corrected chi connectivity index (χ3v) is 11.2. The molecule has 5 N–H and O–H groups in total. The number of imide groups is 2. The Labute approximate surface area is 366 Å². The number of rotatable bonds is 31. The Morgan fingerprint density at radius 3 is 2.16 bits per heavy atom. The SMILES string of the molecule is CCCCCCCCCCCCCC(=S)NCCCC[C@H](NC(=O)CCOCCOCCNc1cccc2c1C(=O)N(C1CCC(=O)NC1=O)C2=O)C(=O)Nc1ccccc1. The Morgan fingerprint density at radius 2 is 1.46 bits per heavy atom. The summed E-state index contributed by atoms with van der Waals surface area (Å²) in [6.07, 6.45) is 17.5. The molecule has 6 amide bonds. The zero-order chi connectivity index (χ0) is 43.7. The van der Waals surface area contributed by atoms with E-state index in [1.54, 1.807) is 24.3 Å². The number of carbonyl (C=O) groups excluding carboxylic acids is 6. The number of piperidine rings is 1. The molecule has 61 heavy (non-hydrogen) atoms. The number of hydrogen-bond acceptors (Lipinski definition) is 10. The summed E-state index contributed by atoms with van der Waals surface area (Å²) in [4.78, 5) is 78.2. The summed E-state index contributed by atoms with van der Waals surface area (Å²) < 4.78 is 11.3. The van der Waals surface area contributed by atoms with Crippen molar-refractivity contribution in [2.75, 3.05) is 50.2 Å². The van der Waals surface area contributed by atoms with Gasteiger partial charge in [0.05, 0.1) is 42.5 Å². The van der Waals surface area contributed by atoms with Gasteiger partial charge in [-0.05, 0) is 62.8 Å². The number of thiocarbonyl (C=S) groups is 1. The number of unbranched alkanes of at least 4 members (excludes halogenated alkanes) is 11. The molecule has 0 aliphatic carbocycles. The van der Waals surface area contributed by atoms with E-state index in [0.29, 0.717) is 24.3 Å².